The molecule has 9 nitrogen and oxygen atoms in total. The summed E-state index contributed by atoms with van der Waals surface area (Å²) in [5.74, 6) is -3.47. The highest BCUT2D eigenvalue weighted by Crippen LogP contribution is 2.62. The lowest BCUT2D eigenvalue weighted by Gasteiger charge is -2.44. The molecule has 0 aromatic rings. The van der Waals surface area contributed by atoms with Gasteiger partial charge in [0.2, 0.25) is 11.6 Å². The second kappa shape index (κ2) is 13.2. The first kappa shape index (κ1) is 38.5. The van der Waals surface area contributed by atoms with Gasteiger partial charge in [-0.2, -0.15) is 0 Å². The minimum Gasteiger partial charge on any atom is -0.392 e. The maximum Gasteiger partial charge on any atom is 0.226 e. The number of ether oxygens (including phenoxy) is 2. The fraction of sp³-hybridized carbons (Fsp3) is 0.738. The van der Waals surface area contributed by atoms with Crippen LogP contribution in [0, 0.1) is 52.3 Å². The third-order valence-corrected chi connectivity index (χ3v) is 14.2. The van der Waals surface area contributed by atoms with Gasteiger partial charge < -0.3 is 29.9 Å². The van der Waals surface area contributed by atoms with Crippen molar-refractivity contribution in [2.24, 2.45) is 52.3 Å². The highest BCUT2D eigenvalue weighted by Gasteiger charge is 2.62. The predicted molar refractivity (Wildman–Crippen MR) is 192 cm³/mol. The number of carbonyl (C=O) groups excluding carboxylic acids is 3. The molecule has 0 spiro atoms. The van der Waals surface area contributed by atoms with Crippen molar-refractivity contribution in [1.29, 1.82) is 0 Å². The minimum atomic E-state index is -1.58. The number of methoxy groups -OCH3 is 2. The molecule has 4 N–H and O–H groups in total. The Morgan fingerprint density at radius 2 is 1.24 bits per heavy atom. The Morgan fingerprint density at radius 3 is 1.71 bits per heavy atom. The number of hydrogen-bond acceptors (Lipinski definition) is 9. The third kappa shape index (κ3) is 5.67. The molecular weight excluding hydrogens is 648 g/mol. The van der Waals surface area contributed by atoms with Crippen molar-refractivity contribution in [3.8, 4) is 0 Å². The van der Waals surface area contributed by atoms with E-state index in [9.17, 15) is 30.0 Å². The number of hydrogen-bond donors (Lipinski definition) is 4. The van der Waals surface area contributed by atoms with Crippen LogP contribution in [0.25, 0.3) is 0 Å². The van der Waals surface area contributed by atoms with Gasteiger partial charge >= 0.3 is 0 Å². The van der Waals surface area contributed by atoms with Gasteiger partial charge in [0.15, 0.2) is 5.78 Å². The SMILES string of the molecule is COC[C@@]1(O)CC[C@@H]2C1=C[C@@]1(C[C@H]3C(=O)C(C(C)C)=C4C[C@H](O)[C@H](C)[C@@H]5CC[C@](O)(COC)C5=C[C@]43C)C(=O)C(=O)C(C(C)C)=C1C[C@H](O)[C@@H]2C. The molecule has 0 heterocycles. The van der Waals surface area contributed by atoms with Gasteiger partial charge in [0.25, 0.3) is 0 Å². The van der Waals surface area contributed by atoms with Gasteiger partial charge in [0, 0.05) is 31.1 Å². The number of ketones is 3. The molecule has 6 aliphatic rings. The highest BCUT2D eigenvalue weighted by atomic mass is 16.5. The molecule has 0 radical (unpaired) electrons. The molecule has 2 saturated carbocycles. The number of aliphatic hydroxyl groups excluding tert-OH is 2. The first-order valence-electron chi connectivity index (χ1n) is 19.2. The fourth-order valence-corrected chi connectivity index (χ4v) is 11.4. The normalized spacial score (nSPS) is 42.8. The second-order valence-electron chi connectivity index (χ2n) is 17.8. The van der Waals surface area contributed by atoms with E-state index in [4.69, 9.17) is 9.47 Å². The summed E-state index contributed by atoms with van der Waals surface area (Å²) in [7, 11) is 3.08. The quantitative estimate of drug-likeness (QED) is 0.205. The van der Waals surface area contributed by atoms with E-state index >= 15 is 4.79 Å². The van der Waals surface area contributed by atoms with E-state index in [-0.39, 0.29) is 73.8 Å². The topological polar surface area (TPSA) is 151 Å². The van der Waals surface area contributed by atoms with E-state index in [1.807, 2.05) is 54.5 Å². The molecule has 11 atom stereocenters. The van der Waals surface area contributed by atoms with E-state index < -0.39 is 51.7 Å². The van der Waals surface area contributed by atoms with Gasteiger partial charge in [-0.05, 0) is 103 Å². The Labute approximate surface area is 303 Å². The van der Waals surface area contributed by atoms with E-state index in [2.05, 4.69) is 6.08 Å². The smallest absolute Gasteiger partial charge is 0.226 e. The number of aliphatic hydroxyl groups is 4. The van der Waals surface area contributed by atoms with Crippen molar-refractivity contribution in [2.75, 3.05) is 27.4 Å². The molecule has 282 valence electrons. The van der Waals surface area contributed by atoms with Crippen LogP contribution in [0.15, 0.2) is 45.6 Å². The van der Waals surface area contributed by atoms with Crippen LogP contribution in [0.2, 0.25) is 0 Å². The molecule has 6 rings (SSSR count). The van der Waals surface area contributed by atoms with Gasteiger partial charge in [-0.15, -0.1) is 0 Å². The lowest BCUT2D eigenvalue weighted by molar-refractivity contribution is -0.138. The minimum absolute atomic E-state index is 0.00261. The number of allylic oxidation sites excluding steroid dienone is 4. The molecule has 2 fully saturated rings. The average molecular weight is 709 g/mol. The zero-order valence-electron chi connectivity index (χ0n) is 32.0. The third-order valence-electron chi connectivity index (χ3n) is 14.2. The molecule has 0 amide bonds. The van der Waals surface area contributed by atoms with E-state index in [1.165, 1.54) is 7.11 Å². The molecule has 9 heteroatoms. The Hall–Kier alpha value is -2.27. The van der Waals surface area contributed by atoms with Crippen LogP contribution in [0.3, 0.4) is 0 Å². The van der Waals surface area contributed by atoms with Crippen LogP contribution in [0.1, 0.15) is 93.4 Å². The summed E-state index contributed by atoms with van der Waals surface area (Å²) >= 11 is 0. The summed E-state index contributed by atoms with van der Waals surface area (Å²) in [6.45, 7) is 13.7. The number of Topliss-reactive ketones (excluding diaryl/α,β-unsaturated/α-hetero) is 3. The molecule has 0 aliphatic heterocycles. The first-order chi connectivity index (χ1) is 23.8. The van der Waals surface area contributed by atoms with Crippen LogP contribution in [0.5, 0.6) is 0 Å². The summed E-state index contributed by atoms with van der Waals surface area (Å²) in [5, 5.41) is 47.8. The highest BCUT2D eigenvalue weighted by molar-refractivity contribution is 6.49. The maximum atomic E-state index is 15.1. The second-order valence-corrected chi connectivity index (χ2v) is 17.8. The largest absolute Gasteiger partial charge is 0.392 e. The summed E-state index contributed by atoms with van der Waals surface area (Å²) in [5.41, 5.74) is -1.55. The van der Waals surface area contributed by atoms with Crippen LogP contribution < -0.4 is 0 Å². The van der Waals surface area contributed by atoms with Crippen molar-refractivity contribution in [3.63, 3.8) is 0 Å². The van der Waals surface area contributed by atoms with Gasteiger partial charge in [-0.1, -0.05) is 66.2 Å². The lowest BCUT2D eigenvalue weighted by Crippen LogP contribution is -2.45. The first-order valence-corrected chi connectivity index (χ1v) is 19.2. The van der Waals surface area contributed by atoms with Gasteiger partial charge in [0.1, 0.15) is 11.2 Å². The molecule has 0 aromatic carbocycles. The van der Waals surface area contributed by atoms with Crippen LogP contribution >= 0.6 is 0 Å². The Kier molecular flexibility index (Phi) is 9.98. The van der Waals surface area contributed by atoms with Crippen molar-refractivity contribution >= 4 is 17.3 Å². The average Bonchev–Trinajstić information content (AvgIpc) is 3.66. The molecule has 0 aromatic heterocycles. The van der Waals surface area contributed by atoms with Crippen molar-refractivity contribution in [2.45, 2.75) is 117 Å². The predicted octanol–water partition coefficient (Wildman–Crippen LogP) is 4.85. The van der Waals surface area contributed by atoms with Crippen molar-refractivity contribution < 1.29 is 44.3 Å². The van der Waals surface area contributed by atoms with Gasteiger partial charge in [-0.25, -0.2) is 0 Å². The molecule has 0 unspecified atom stereocenters. The standard InChI is InChI=1S/C42H60O9/c1-21(2)34-27-14-32(43)23(5)25-10-12-41(48,19-50-8)29(25)16-39(27,7)31(36(34)45)18-40-17-30-26(11-13-42(30,49)20-51-9)24(6)33(44)15-28(40)35(22(3)4)37(46)38(40)47/h16-17,21-26,31-33,43-44,48-49H,10-15,18-20H2,1-9H3/t23-,24-,25+,26+,31+,32+,33+,39-,40+,41+,42+/m1/s1. The number of fused-ring (bicyclic) bond motifs is 4. The monoisotopic (exact) mass is 708 g/mol. The Morgan fingerprint density at radius 1 is 0.765 bits per heavy atom. The number of carbonyl (C=O) groups is 3. The van der Waals surface area contributed by atoms with E-state index in [1.54, 1.807) is 7.11 Å². The molecule has 0 bridgehead atoms. The lowest BCUT2D eigenvalue weighted by atomic mass is 9.59. The fourth-order valence-electron chi connectivity index (χ4n) is 11.4. The summed E-state index contributed by atoms with van der Waals surface area (Å²) in [6.07, 6.45) is 4.68. The summed E-state index contributed by atoms with van der Waals surface area (Å²) < 4.78 is 11.1. The van der Waals surface area contributed by atoms with Crippen LogP contribution in [-0.2, 0) is 23.9 Å². The van der Waals surface area contributed by atoms with Gasteiger partial charge in [-0.3, -0.25) is 14.4 Å². The summed E-state index contributed by atoms with van der Waals surface area (Å²) in [6, 6.07) is 0. The summed E-state index contributed by atoms with van der Waals surface area (Å²) in [4.78, 5) is 44.2. The Bertz CT molecular complexity index is 1610. The molecule has 0 saturated heterocycles. The van der Waals surface area contributed by atoms with Crippen molar-refractivity contribution in [3.05, 3.63) is 45.6 Å². The zero-order chi connectivity index (χ0) is 37.6. The molecule has 6 aliphatic carbocycles. The zero-order valence-corrected chi connectivity index (χ0v) is 32.0. The van der Waals surface area contributed by atoms with E-state index in [0.29, 0.717) is 48.0 Å². The number of rotatable bonds is 8. The maximum absolute atomic E-state index is 15.1. The molecule has 51 heavy (non-hydrogen) atoms. The van der Waals surface area contributed by atoms with Gasteiger partial charge in [0.05, 0.1) is 30.8 Å². The van der Waals surface area contributed by atoms with Crippen LogP contribution in [-0.4, -0.2) is 88.6 Å². The van der Waals surface area contributed by atoms with E-state index in [0.717, 1.165) is 11.1 Å². The molecular formula is C42H60O9. The van der Waals surface area contributed by atoms with Crippen LogP contribution in [0.4, 0.5) is 0 Å². The van der Waals surface area contributed by atoms with Crippen molar-refractivity contribution in [1.82, 2.24) is 0 Å². The Balaban J connectivity index is 1.64.